The topological polar surface area (TPSA) is 49.8 Å². The van der Waals surface area contributed by atoms with Crippen molar-refractivity contribution in [3.05, 3.63) is 30.3 Å². The quantitative estimate of drug-likeness (QED) is 0.842. The predicted octanol–water partition coefficient (Wildman–Crippen LogP) is 1.42. The molecule has 20 heavy (non-hydrogen) atoms. The number of carbonyl (C=O) groups is 1. The average Bonchev–Trinajstić information content (AvgIpc) is 2.47. The Morgan fingerprint density at radius 2 is 2.20 bits per heavy atom. The third-order valence-electron chi connectivity index (χ3n) is 3.41. The van der Waals surface area contributed by atoms with E-state index in [4.69, 9.17) is 4.74 Å². The minimum absolute atomic E-state index is 0.108. The van der Waals surface area contributed by atoms with E-state index >= 15 is 0 Å². The molecule has 1 aliphatic heterocycles. The Morgan fingerprint density at radius 3 is 2.90 bits per heavy atom. The fraction of sp³-hybridized carbons (Fsp3) is 0.533. The van der Waals surface area contributed by atoms with E-state index in [1.54, 1.807) is 11.8 Å². The molecule has 0 radical (unpaired) electrons. The summed E-state index contributed by atoms with van der Waals surface area (Å²) in [6, 6.07) is 10.1. The number of aliphatic hydroxyl groups is 1. The number of likely N-dealkylation sites (tertiary alicyclic amines) is 1. The number of piperidine rings is 1. The van der Waals surface area contributed by atoms with Crippen molar-refractivity contribution in [3.8, 4) is 0 Å². The number of carbonyl (C=O) groups excluding carboxylic acids is 1. The molecule has 5 heteroatoms. The molecule has 1 heterocycles. The van der Waals surface area contributed by atoms with Gasteiger partial charge in [0.1, 0.15) is 0 Å². The number of hydrogen-bond acceptors (Lipinski definition) is 3. The third-order valence-corrected chi connectivity index (χ3v) is 5.75. The standard InChI is InChI=1S/C15H21NO3Se/c1-2-19-15(18)16-10-6-9-14(17)13(16)11-20-12-7-4-3-5-8-12/h3-5,7-8,13-14,17H,2,6,9-11H2,1H3/t13-,14+/m0/s1. The summed E-state index contributed by atoms with van der Waals surface area (Å²) >= 11 is 0.259. The SMILES string of the molecule is CCOC(=O)N1CCC[C@@H](O)[C@@H]1C[Se]c1ccccc1. The Morgan fingerprint density at radius 1 is 1.45 bits per heavy atom. The molecule has 0 bridgehead atoms. The van der Waals surface area contributed by atoms with Gasteiger partial charge in [0.25, 0.3) is 0 Å². The van der Waals surface area contributed by atoms with Crippen LogP contribution in [-0.4, -0.2) is 56.4 Å². The molecule has 1 aliphatic rings. The van der Waals surface area contributed by atoms with Crippen molar-refractivity contribution in [1.29, 1.82) is 0 Å². The maximum absolute atomic E-state index is 12.0. The first-order valence-corrected chi connectivity index (χ1v) is 9.08. The molecule has 0 saturated carbocycles. The van der Waals surface area contributed by atoms with Gasteiger partial charge in [0.2, 0.25) is 0 Å². The minimum atomic E-state index is -0.432. The van der Waals surface area contributed by atoms with E-state index in [1.165, 1.54) is 4.46 Å². The van der Waals surface area contributed by atoms with E-state index in [0.717, 1.165) is 18.2 Å². The number of rotatable bonds is 4. The number of aliphatic hydroxyl groups excluding tert-OH is 1. The van der Waals surface area contributed by atoms with Gasteiger partial charge in [0.15, 0.2) is 0 Å². The van der Waals surface area contributed by atoms with Crippen molar-refractivity contribution in [3.63, 3.8) is 0 Å². The summed E-state index contributed by atoms with van der Waals surface area (Å²) in [5, 5.41) is 11.0. The predicted molar refractivity (Wildman–Crippen MR) is 79.4 cm³/mol. The Kier molecular flexibility index (Phi) is 5.89. The molecule has 110 valence electrons. The van der Waals surface area contributed by atoms with Gasteiger partial charge in [-0.25, -0.2) is 0 Å². The molecule has 1 N–H and O–H groups in total. The molecule has 1 aromatic carbocycles. The molecule has 0 aromatic heterocycles. The number of amides is 1. The van der Waals surface area contributed by atoms with Gasteiger partial charge >= 0.3 is 126 Å². The van der Waals surface area contributed by atoms with Crippen molar-refractivity contribution < 1.29 is 14.6 Å². The van der Waals surface area contributed by atoms with E-state index < -0.39 is 6.10 Å². The van der Waals surface area contributed by atoms with Gasteiger partial charge in [-0.3, -0.25) is 0 Å². The van der Waals surface area contributed by atoms with Gasteiger partial charge in [0, 0.05) is 0 Å². The molecule has 2 atom stereocenters. The molecule has 1 saturated heterocycles. The van der Waals surface area contributed by atoms with Crippen LogP contribution in [0, 0.1) is 0 Å². The summed E-state index contributed by atoms with van der Waals surface area (Å²) in [6.07, 6.45) is 0.888. The average molecular weight is 342 g/mol. The molecule has 0 spiro atoms. The van der Waals surface area contributed by atoms with Crippen LogP contribution in [0.5, 0.6) is 0 Å². The number of benzene rings is 1. The summed E-state index contributed by atoms with van der Waals surface area (Å²) in [5.74, 6) is 0. The Balaban J connectivity index is 1.98. The Hall–Kier alpha value is -1.03. The zero-order valence-electron chi connectivity index (χ0n) is 11.7. The molecule has 4 nitrogen and oxygen atoms in total. The summed E-state index contributed by atoms with van der Waals surface area (Å²) in [4.78, 5) is 13.7. The molecule has 1 aromatic rings. The Bertz CT molecular complexity index is 426. The van der Waals surface area contributed by atoms with Gasteiger partial charge in [0.05, 0.1) is 0 Å². The number of ether oxygens (including phenoxy) is 1. The normalized spacial score (nSPS) is 22.6. The number of nitrogens with zero attached hydrogens (tertiary/aromatic N) is 1. The molecule has 0 aliphatic carbocycles. The zero-order valence-corrected chi connectivity index (χ0v) is 13.4. The third kappa shape index (κ3) is 3.98. The van der Waals surface area contributed by atoms with Crippen molar-refractivity contribution in [1.82, 2.24) is 4.90 Å². The van der Waals surface area contributed by atoms with E-state index in [2.05, 4.69) is 12.1 Å². The molecule has 2 rings (SSSR count). The molecular weight excluding hydrogens is 321 g/mol. The molecule has 1 amide bonds. The first kappa shape index (κ1) is 15.4. The van der Waals surface area contributed by atoms with Crippen molar-refractivity contribution in [2.24, 2.45) is 0 Å². The molecule has 0 unspecified atom stereocenters. The van der Waals surface area contributed by atoms with Crippen molar-refractivity contribution in [2.75, 3.05) is 13.2 Å². The van der Waals surface area contributed by atoms with Gasteiger partial charge in [-0.05, 0) is 0 Å². The van der Waals surface area contributed by atoms with Gasteiger partial charge < -0.3 is 0 Å². The van der Waals surface area contributed by atoms with Gasteiger partial charge in [-0.15, -0.1) is 0 Å². The van der Waals surface area contributed by atoms with Crippen LogP contribution >= 0.6 is 0 Å². The van der Waals surface area contributed by atoms with Crippen LogP contribution in [-0.2, 0) is 4.74 Å². The van der Waals surface area contributed by atoms with Crippen molar-refractivity contribution in [2.45, 2.75) is 37.2 Å². The maximum atomic E-state index is 12.0. The first-order chi connectivity index (χ1) is 9.72. The van der Waals surface area contributed by atoms with E-state index in [-0.39, 0.29) is 27.1 Å². The van der Waals surface area contributed by atoms with Crippen LogP contribution in [0.25, 0.3) is 0 Å². The van der Waals surface area contributed by atoms with Crippen LogP contribution in [0.15, 0.2) is 30.3 Å². The molecular formula is C15H21NO3Se. The summed E-state index contributed by atoms with van der Waals surface area (Å²) in [5.41, 5.74) is 0. The van der Waals surface area contributed by atoms with Gasteiger partial charge in [-0.1, -0.05) is 0 Å². The second-order valence-electron chi connectivity index (χ2n) is 4.79. The van der Waals surface area contributed by atoms with E-state index in [0.29, 0.717) is 13.2 Å². The van der Waals surface area contributed by atoms with Crippen LogP contribution in [0.1, 0.15) is 19.8 Å². The fourth-order valence-electron chi connectivity index (χ4n) is 2.37. The van der Waals surface area contributed by atoms with Crippen molar-refractivity contribution >= 4 is 25.5 Å². The second kappa shape index (κ2) is 7.67. The summed E-state index contributed by atoms with van der Waals surface area (Å²) in [7, 11) is 0. The second-order valence-corrected chi connectivity index (χ2v) is 7.09. The first-order valence-electron chi connectivity index (χ1n) is 7.01. The van der Waals surface area contributed by atoms with E-state index in [9.17, 15) is 9.90 Å². The summed E-state index contributed by atoms with van der Waals surface area (Å²) < 4.78 is 6.39. The molecule has 1 fully saturated rings. The van der Waals surface area contributed by atoms with E-state index in [1.807, 2.05) is 18.2 Å². The Labute approximate surface area is 126 Å². The van der Waals surface area contributed by atoms with Crippen LogP contribution in [0.4, 0.5) is 4.79 Å². The van der Waals surface area contributed by atoms with Gasteiger partial charge in [-0.2, -0.15) is 0 Å². The summed E-state index contributed by atoms with van der Waals surface area (Å²) in [6.45, 7) is 2.87. The zero-order chi connectivity index (χ0) is 14.4. The monoisotopic (exact) mass is 343 g/mol. The fourth-order valence-corrected chi connectivity index (χ4v) is 4.71. The number of hydrogen-bond donors (Lipinski definition) is 1. The van der Waals surface area contributed by atoms with Crippen LogP contribution < -0.4 is 4.46 Å². The van der Waals surface area contributed by atoms with Crippen LogP contribution in [0.2, 0.25) is 5.32 Å². The van der Waals surface area contributed by atoms with Crippen LogP contribution in [0.3, 0.4) is 0 Å².